The summed E-state index contributed by atoms with van der Waals surface area (Å²) in [6.07, 6.45) is 0. The van der Waals surface area contributed by atoms with Crippen molar-refractivity contribution < 1.29 is 0 Å². The molecule has 5 aromatic rings. The molecule has 0 aliphatic heterocycles. The van der Waals surface area contributed by atoms with E-state index < -0.39 is 5.69 Å². The molecule has 0 bridgehead atoms. The number of H-pyrrole nitrogens is 2. The lowest BCUT2D eigenvalue weighted by Crippen LogP contribution is -2.35. The van der Waals surface area contributed by atoms with Crippen LogP contribution in [0.5, 0.6) is 0 Å². The van der Waals surface area contributed by atoms with Crippen molar-refractivity contribution >= 4 is 11.2 Å². The minimum atomic E-state index is -0.440. The van der Waals surface area contributed by atoms with Crippen molar-refractivity contribution in [3.05, 3.63) is 80.8 Å². The minimum absolute atomic E-state index is 0.0755. The third-order valence-corrected chi connectivity index (χ3v) is 5.87. The molecule has 0 fully saturated rings. The Kier molecular flexibility index (Phi) is 5.40. The van der Waals surface area contributed by atoms with E-state index in [1.54, 1.807) is 6.92 Å². The first-order valence-corrected chi connectivity index (χ1v) is 11.1. The van der Waals surface area contributed by atoms with Gasteiger partial charge in [0.05, 0.1) is 0 Å². The van der Waals surface area contributed by atoms with Gasteiger partial charge in [0.25, 0.3) is 5.56 Å². The maximum Gasteiger partial charge on any atom is 0.330 e. The third kappa shape index (κ3) is 3.62. The highest BCUT2D eigenvalue weighted by atomic mass is 16.2. The number of tetrazole rings is 1. The van der Waals surface area contributed by atoms with Crippen LogP contribution in [0.2, 0.25) is 0 Å². The molecule has 0 saturated heterocycles. The third-order valence-electron chi connectivity index (χ3n) is 5.87. The second-order valence-electron chi connectivity index (χ2n) is 8.37. The fraction of sp³-hybridized carbons (Fsp3) is 0.250. The van der Waals surface area contributed by atoms with E-state index in [2.05, 4.69) is 30.6 Å². The summed E-state index contributed by atoms with van der Waals surface area (Å²) in [5, 5.41) is 14.4. The molecular weight excluding hydrogens is 432 g/mol. The SMILES string of the molecule is CCn1c(=O)[nH]c2nc(C(C)C)n(Cc3ccc(-c4ccccc4-c4nn[nH]n4)cc3)c2c1=O. The van der Waals surface area contributed by atoms with Gasteiger partial charge in [-0.2, -0.15) is 5.21 Å². The summed E-state index contributed by atoms with van der Waals surface area (Å²) >= 11 is 0. The Bertz CT molecular complexity index is 1570. The highest BCUT2D eigenvalue weighted by Gasteiger charge is 2.19. The molecule has 10 heteroatoms. The lowest BCUT2D eigenvalue weighted by Gasteiger charge is -2.13. The van der Waals surface area contributed by atoms with Crippen molar-refractivity contribution in [1.82, 2.24) is 39.7 Å². The van der Waals surface area contributed by atoms with Crippen LogP contribution in [0.1, 0.15) is 38.1 Å². The molecule has 34 heavy (non-hydrogen) atoms. The predicted octanol–water partition coefficient (Wildman–Crippen LogP) is 2.93. The average Bonchev–Trinajstić information content (AvgIpc) is 3.49. The molecule has 0 atom stereocenters. The lowest BCUT2D eigenvalue weighted by molar-refractivity contribution is 0.663. The summed E-state index contributed by atoms with van der Waals surface area (Å²) < 4.78 is 3.11. The molecule has 0 aliphatic carbocycles. The number of nitrogens with zero attached hydrogens (tertiary/aromatic N) is 6. The van der Waals surface area contributed by atoms with E-state index in [1.807, 2.05) is 66.9 Å². The number of fused-ring (bicyclic) bond motifs is 1. The van der Waals surface area contributed by atoms with Crippen LogP contribution in [-0.4, -0.2) is 39.7 Å². The summed E-state index contributed by atoms with van der Waals surface area (Å²) in [6, 6.07) is 16.0. The van der Waals surface area contributed by atoms with Gasteiger partial charge in [-0.25, -0.2) is 9.78 Å². The summed E-state index contributed by atoms with van der Waals surface area (Å²) in [7, 11) is 0. The van der Waals surface area contributed by atoms with Gasteiger partial charge in [-0.05, 0) is 28.8 Å². The summed E-state index contributed by atoms with van der Waals surface area (Å²) in [5.74, 6) is 1.36. The average molecular weight is 457 g/mol. The van der Waals surface area contributed by atoms with Crippen LogP contribution < -0.4 is 11.2 Å². The molecule has 5 rings (SSSR count). The maximum absolute atomic E-state index is 13.1. The van der Waals surface area contributed by atoms with E-state index in [0.29, 0.717) is 30.1 Å². The van der Waals surface area contributed by atoms with Gasteiger partial charge in [-0.15, -0.1) is 10.2 Å². The van der Waals surface area contributed by atoms with Gasteiger partial charge in [-0.1, -0.05) is 62.4 Å². The molecule has 0 spiro atoms. The normalized spacial score (nSPS) is 11.5. The molecule has 3 heterocycles. The molecule has 0 saturated carbocycles. The van der Waals surface area contributed by atoms with Gasteiger partial charge in [0, 0.05) is 24.6 Å². The van der Waals surface area contributed by atoms with E-state index >= 15 is 0 Å². The number of aromatic amines is 2. The van der Waals surface area contributed by atoms with E-state index in [9.17, 15) is 9.59 Å². The summed E-state index contributed by atoms with van der Waals surface area (Å²) in [6.45, 7) is 6.57. The van der Waals surface area contributed by atoms with E-state index in [1.165, 1.54) is 4.57 Å². The molecule has 0 aliphatic rings. The summed E-state index contributed by atoms with van der Waals surface area (Å²) in [5.41, 5.74) is 3.88. The van der Waals surface area contributed by atoms with E-state index in [4.69, 9.17) is 0 Å². The molecule has 0 unspecified atom stereocenters. The lowest BCUT2D eigenvalue weighted by atomic mass is 9.98. The topological polar surface area (TPSA) is 127 Å². The van der Waals surface area contributed by atoms with E-state index in [-0.39, 0.29) is 11.5 Å². The number of hydrogen-bond donors (Lipinski definition) is 2. The van der Waals surface area contributed by atoms with E-state index in [0.717, 1.165) is 28.1 Å². The number of imidazole rings is 1. The first kappa shape index (κ1) is 21.5. The molecule has 0 amide bonds. The molecule has 2 N–H and O–H groups in total. The van der Waals surface area contributed by atoms with Crippen LogP contribution in [-0.2, 0) is 13.1 Å². The molecular formula is C24H24N8O2. The second kappa shape index (κ2) is 8.54. The maximum atomic E-state index is 13.1. The van der Waals surface area contributed by atoms with Crippen LogP contribution in [0.4, 0.5) is 0 Å². The first-order chi connectivity index (χ1) is 16.5. The van der Waals surface area contributed by atoms with Gasteiger partial charge in [0.1, 0.15) is 5.82 Å². The van der Waals surface area contributed by atoms with Gasteiger partial charge in [0.2, 0.25) is 5.82 Å². The number of hydrogen-bond acceptors (Lipinski definition) is 6. The zero-order valence-corrected chi connectivity index (χ0v) is 19.1. The smallest absolute Gasteiger partial charge is 0.317 e. The van der Waals surface area contributed by atoms with Gasteiger partial charge in [-0.3, -0.25) is 14.3 Å². The van der Waals surface area contributed by atoms with Gasteiger partial charge < -0.3 is 4.57 Å². The Morgan fingerprint density at radius 3 is 2.35 bits per heavy atom. The van der Waals surface area contributed by atoms with Crippen molar-refractivity contribution in [1.29, 1.82) is 0 Å². The predicted molar refractivity (Wildman–Crippen MR) is 129 cm³/mol. The van der Waals surface area contributed by atoms with Gasteiger partial charge >= 0.3 is 5.69 Å². The highest BCUT2D eigenvalue weighted by molar-refractivity contribution is 5.80. The van der Waals surface area contributed by atoms with Gasteiger partial charge in [0.15, 0.2) is 11.2 Å². The molecule has 0 radical (unpaired) electrons. The van der Waals surface area contributed by atoms with Crippen LogP contribution in [0.25, 0.3) is 33.7 Å². The number of nitrogens with one attached hydrogen (secondary N) is 2. The van der Waals surface area contributed by atoms with Crippen LogP contribution in [0.3, 0.4) is 0 Å². The molecule has 172 valence electrons. The molecule has 3 aromatic heterocycles. The second-order valence-corrected chi connectivity index (χ2v) is 8.37. The van der Waals surface area contributed by atoms with Crippen LogP contribution >= 0.6 is 0 Å². The minimum Gasteiger partial charge on any atom is -0.317 e. The zero-order chi connectivity index (χ0) is 23.8. The van der Waals surface area contributed by atoms with Crippen molar-refractivity contribution in [2.24, 2.45) is 0 Å². The Morgan fingerprint density at radius 1 is 0.971 bits per heavy atom. The van der Waals surface area contributed by atoms with Crippen molar-refractivity contribution in [3.63, 3.8) is 0 Å². The first-order valence-electron chi connectivity index (χ1n) is 11.1. The quantitative estimate of drug-likeness (QED) is 0.404. The zero-order valence-electron chi connectivity index (χ0n) is 19.1. The largest absolute Gasteiger partial charge is 0.330 e. The van der Waals surface area contributed by atoms with Crippen molar-refractivity contribution in [2.75, 3.05) is 0 Å². The highest BCUT2D eigenvalue weighted by Crippen LogP contribution is 2.30. The fourth-order valence-electron chi connectivity index (χ4n) is 4.23. The fourth-order valence-corrected chi connectivity index (χ4v) is 4.23. The number of benzene rings is 2. The Labute approximate surface area is 194 Å². The van der Waals surface area contributed by atoms with Crippen molar-refractivity contribution in [2.45, 2.75) is 39.8 Å². The number of aromatic nitrogens is 8. The monoisotopic (exact) mass is 456 g/mol. The Hall–Kier alpha value is -4.34. The molecule has 10 nitrogen and oxygen atoms in total. The van der Waals surface area contributed by atoms with Crippen molar-refractivity contribution in [3.8, 4) is 22.5 Å². The number of rotatable bonds is 6. The molecule has 2 aromatic carbocycles. The Balaban J connectivity index is 1.56. The van der Waals surface area contributed by atoms with Crippen LogP contribution in [0.15, 0.2) is 58.1 Å². The summed E-state index contributed by atoms with van der Waals surface area (Å²) in [4.78, 5) is 32.7. The standard InChI is InChI=1S/C24H24N8O2/c1-4-31-23(33)19-21(26-24(31)34)25-22(14(2)3)32(19)13-15-9-11-16(12-10-15)17-7-5-6-8-18(17)20-27-29-30-28-20/h5-12,14H,4,13H2,1-3H3,(H,26,34)(H,27,28,29,30). The Morgan fingerprint density at radius 2 is 1.71 bits per heavy atom. The van der Waals surface area contributed by atoms with Crippen LogP contribution in [0, 0.1) is 0 Å².